The summed E-state index contributed by atoms with van der Waals surface area (Å²) in [4.78, 5) is 82.8. The molecule has 0 saturated carbocycles. The molecule has 2 heterocycles. The molecule has 3 amide bonds. The van der Waals surface area contributed by atoms with Crippen LogP contribution in [0.25, 0.3) is 11.1 Å². The lowest BCUT2D eigenvalue weighted by Gasteiger charge is -2.45. The minimum absolute atomic E-state index is 0.124. The molecular weight excluding hydrogens is 1160 g/mol. The van der Waals surface area contributed by atoms with Crippen LogP contribution in [0.3, 0.4) is 0 Å². The van der Waals surface area contributed by atoms with E-state index >= 15 is 0 Å². The third kappa shape index (κ3) is 18.6. The number of amides is 3. The Hall–Kier alpha value is -7.29. The van der Waals surface area contributed by atoms with Crippen LogP contribution in [0.1, 0.15) is 74.3 Å². The second kappa shape index (κ2) is 32.3. The number of rotatable bonds is 28. The van der Waals surface area contributed by atoms with Gasteiger partial charge in [-0.1, -0.05) is 146 Å². The van der Waals surface area contributed by atoms with Crippen LogP contribution in [-0.4, -0.2) is 169 Å². The van der Waals surface area contributed by atoms with Gasteiger partial charge in [0, 0.05) is 13.0 Å². The second-order valence-electron chi connectivity index (χ2n) is 22.2. The zero-order chi connectivity index (χ0) is 62.7. The van der Waals surface area contributed by atoms with Gasteiger partial charge in [-0.2, -0.15) is 0 Å². The Morgan fingerprint density at radius 1 is 0.568 bits per heavy atom. The fraction of sp³-hybridized carbons (Fsp3) is 0.446. The molecule has 12 atom stereocenters. The summed E-state index contributed by atoms with van der Waals surface area (Å²) in [7, 11) is 1.19. The van der Waals surface area contributed by atoms with Crippen molar-refractivity contribution in [2.24, 2.45) is 0 Å². The largest absolute Gasteiger partial charge is 0.463 e. The Morgan fingerprint density at radius 2 is 1.07 bits per heavy atom. The quantitative estimate of drug-likeness (QED) is 0.0270. The monoisotopic (exact) mass is 1240 g/mol. The number of fused-ring (bicyclic) bond motifs is 3. The number of hydrogen-bond donors (Lipinski definition) is 6. The van der Waals surface area contributed by atoms with Gasteiger partial charge in [0.25, 0.3) is 0 Å². The molecule has 3 aliphatic rings. The smallest absolute Gasteiger partial charge is 0.407 e. The van der Waals surface area contributed by atoms with Gasteiger partial charge in [0.15, 0.2) is 6.29 Å². The third-order valence-electron chi connectivity index (χ3n) is 14.6. The summed E-state index contributed by atoms with van der Waals surface area (Å²) in [5, 5.41) is 38.2. The lowest BCUT2D eigenvalue weighted by Crippen LogP contribution is -2.60. The first-order valence-corrected chi connectivity index (χ1v) is 30.1. The summed E-state index contributed by atoms with van der Waals surface area (Å²) < 4.78 is 59.9. The van der Waals surface area contributed by atoms with Gasteiger partial charge in [-0.25, -0.2) is 9.59 Å². The summed E-state index contributed by atoms with van der Waals surface area (Å²) in [5.41, 5.74) is 4.74. The van der Waals surface area contributed by atoms with E-state index in [1.807, 2.05) is 146 Å². The van der Waals surface area contributed by atoms with Gasteiger partial charge < -0.3 is 78.6 Å². The maximum absolute atomic E-state index is 14.3. The maximum atomic E-state index is 14.3. The highest BCUT2D eigenvalue weighted by molar-refractivity contribution is 7.99. The van der Waals surface area contributed by atoms with Crippen LogP contribution < -0.4 is 16.0 Å². The summed E-state index contributed by atoms with van der Waals surface area (Å²) in [6, 6.07) is 40.8. The van der Waals surface area contributed by atoms with Crippen molar-refractivity contribution in [2.75, 3.05) is 39.2 Å². The molecule has 5 aromatic rings. The first-order chi connectivity index (χ1) is 42.4. The fourth-order valence-corrected chi connectivity index (χ4v) is 11.3. The van der Waals surface area contributed by atoms with Gasteiger partial charge in [-0.05, 0) is 65.5 Å². The summed E-state index contributed by atoms with van der Waals surface area (Å²) in [6.07, 6.45) is -13.7. The van der Waals surface area contributed by atoms with Crippen molar-refractivity contribution in [3.8, 4) is 11.1 Å². The molecule has 23 heteroatoms. The number of carbonyl (C=O) groups excluding carboxylic acids is 6. The van der Waals surface area contributed by atoms with Gasteiger partial charge in [0.05, 0.1) is 39.2 Å². The molecule has 88 heavy (non-hydrogen) atoms. The molecule has 8 rings (SSSR count). The van der Waals surface area contributed by atoms with Gasteiger partial charge in [-0.3, -0.25) is 19.2 Å². The molecule has 5 aromatic carbocycles. The number of esters is 3. The van der Waals surface area contributed by atoms with E-state index in [1.165, 1.54) is 18.9 Å². The van der Waals surface area contributed by atoms with Crippen molar-refractivity contribution in [2.45, 2.75) is 145 Å². The van der Waals surface area contributed by atoms with E-state index < -0.39 is 147 Å². The summed E-state index contributed by atoms with van der Waals surface area (Å²) >= 11 is 1.48. The minimum atomic E-state index is -1.72. The number of methoxy groups -OCH3 is 1. The molecule has 0 bridgehead atoms. The molecule has 2 saturated heterocycles. The number of aliphatic hydroxyl groups excluding tert-OH is 3. The Bertz CT molecular complexity index is 3040. The zero-order valence-electron chi connectivity index (χ0n) is 49.6. The van der Waals surface area contributed by atoms with E-state index in [1.54, 1.807) is 20.8 Å². The Labute approximate surface area is 515 Å². The topological polar surface area (TPSA) is 292 Å². The van der Waals surface area contributed by atoms with E-state index in [0.717, 1.165) is 38.9 Å². The number of benzene rings is 5. The van der Waals surface area contributed by atoms with Crippen LogP contribution in [0, 0.1) is 0 Å². The zero-order valence-corrected chi connectivity index (χ0v) is 50.5. The Balaban J connectivity index is 0.986. The maximum Gasteiger partial charge on any atom is 0.407 e. The average molecular weight is 1240 g/mol. The summed E-state index contributed by atoms with van der Waals surface area (Å²) in [5.74, 6) is -4.87. The van der Waals surface area contributed by atoms with Crippen LogP contribution in [0.15, 0.2) is 140 Å². The lowest BCUT2D eigenvalue weighted by molar-refractivity contribution is -0.295. The van der Waals surface area contributed by atoms with Crippen molar-refractivity contribution in [1.82, 2.24) is 16.0 Å². The van der Waals surface area contributed by atoms with Crippen molar-refractivity contribution in [3.05, 3.63) is 167 Å². The average Bonchev–Trinajstić information content (AvgIpc) is 1.92. The first-order valence-electron chi connectivity index (χ1n) is 29.1. The third-order valence-corrected chi connectivity index (χ3v) is 15.7. The molecule has 0 radical (unpaired) electrons. The molecule has 0 aromatic heterocycles. The molecule has 22 nitrogen and oxygen atoms in total. The molecular formula is C65H77N3O19S. The predicted octanol–water partition coefficient (Wildman–Crippen LogP) is 5.39. The standard InChI is InChI=1S/C65H77N3O19S/c1-6-88-63-59(83-35-41-24-14-9-15-25-41)58(82-34-40-22-12-8-13-23-40)57(81-33-39-20-10-7-11-21-39)50(86-63)38-80-52(70)30-47(68-64(77)84-36-46-44-28-18-16-26-42(44)43-27-17-19-29-45(43)46)60(75)66-32-51(69)67-48(61(76)87-65(2,3)4)31-53(71)79-37-49-54(72)55(73)56(74)62(78-5)85-49/h7-29,46-50,54-59,62-63,72-74H,6,30-38H2,1-5H3,(H,66,75)(H,67,69)(H,68,77)/t47-,48-,49+,50+,54+,55-,56-,57+,58-,59-,62-,63+/m0/s1. The van der Waals surface area contributed by atoms with E-state index in [0.29, 0.717) is 5.75 Å². The lowest BCUT2D eigenvalue weighted by atomic mass is 9.98. The molecule has 472 valence electrons. The van der Waals surface area contributed by atoms with Crippen molar-refractivity contribution in [1.29, 1.82) is 0 Å². The molecule has 2 aliphatic heterocycles. The number of thioether (sulfide) groups is 1. The van der Waals surface area contributed by atoms with E-state index in [2.05, 4.69) is 16.0 Å². The van der Waals surface area contributed by atoms with Crippen LogP contribution >= 0.6 is 11.8 Å². The van der Waals surface area contributed by atoms with Crippen molar-refractivity contribution in [3.63, 3.8) is 0 Å². The summed E-state index contributed by atoms with van der Waals surface area (Å²) in [6.45, 7) is 5.13. The van der Waals surface area contributed by atoms with E-state index in [9.17, 15) is 44.1 Å². The van der Waals surface area contributed by atoms with E-state index in [-0.39, 0.29) is 32.3 Å². The molecule has 1 aliphatic carbocycles. The van der Waals surface area contributed by atoms with Crippen molar-refractivity contribution >= 4 is 47.6 Å². The van der Waals surface area contributed by atoms with E-state index in [4.69, 9.17) is 47.4 Å². The van der Waals surface area contributed by atoms with Crippen LogP contribution in [0.4, 0.5) is 4.79 Å². The molecule has 0 unspecified atom stereocenters. The van der Waals surface area contributed by atoms with Crippen LogP contribution in [0.2, 0.25) is 0 Å². The van der Waals surface area contributed by atoms with Gasteiger partial charge in [0.1, 0.15) is 91.8 Å². The highest BCUT2D eigenvalue weighted by Crippen LogP contribution is 2.44. The number of aliphatic hydroxyl groups is 3. The molecule has 6 N–H and O–H groups in total. The number of carbonyl (C=O) groups is 6. The second-order valence-corrected chi connectivity index (χ2v) is 23.6. The number of hydrogen-bond acceptors (Lipinski definition) is 20. The number of nitrogens with one attached hydrogen (secondary N) is 3. The van der Waals surface area contributed by atoms with Gasteiger partial charge in [-0.15, -0.1) is 11.8 Å². The Morgan fingerprint density at radius 3 is 1.60 bits per heavy atom. The predicted molar refractivity (Wildman–Crippen MR) is 319 cm³/mol. The van der Waals surface area contributed by atoms with Crippen molar-refractivity contribution < 1.29 is 91.5 Å². The van der Waals surface area contributed by atoms with Gasteiger partial charge in [0.2, 0.25) is 11.8 Å². The highest BCUT2D eigenvalue weighted by Gasteiger charge is 2.49. The molecule has 0 spiro atoms. The number of ether oxygens (including phenoxy) is 10. The Kier molecular flexibility index (Phi) is 24.4. The normalized spacial score (nSPS) is 23.0. The SMILES string of the molecule is CCS[C@H]1O[C@H](COC(=O)C[C@H](NC(=O)OCC2c3ccccc3-c3ccccc32)C(=O)NCC(=O)N[C@@H](CC(=O)OC[C@H]2O[C@H](OC)[C@@H](O)[C@@H](O)[C@@H]2O)C(=O)OC(C)(C)C)[C@@H](OCc2ccccc2)[C@H](OCc2ccccc2)[C@@H]1OCc1ccccc1. The minimum Gasteiger partial charge on any atom is -0.463 e. The molecule has 2 fully saturated rings. The first kappa shape index (κ1) is 66.7. The fourth-order valence-electron chi connectivity index (χ4n) is 10.3. The number of alkyl carbamates (subject to hydrolysis) is 1. The van der Waals surface area contributed by atoms with Crippen LogP contribution in [0.5, 0.6) is 0 Å². The highest BCUT2D eigenvalue weighted by atomic mass is 32.2. The van der Waals surface area contributed by atoms with Crippen LogP contribution in [-0.2, 0) is 91.2 Å². The van der Waals surface area contributed by atoms with Gasteiger partial charge >= 0.3 is 24.0 Å².